The lowest BCUT2D eigenvalue weighted by atomic mass is 10.1. The highest BCUT2D eigenvalue weighted by molar-refractivity contribution is 7.91. The number of nitrogen functional groups attached to an aromatic ring is 1. The van der Waals surface area contributed by atoms with E-state index < -0.39 is 15.1 Å². The lowest BCUT2D eigenvalue weighted by molar-refractivity contribution is 0.541. The van der Waals surface area contributed by atoms with Crippen molar-refractivity contribution in [3.8, 4) is 0 Å². The second-order valence-electron chi connectivity index (χ2n) is 3.85. The van der Waals surface area contributed by atoms with Crippen LogP contribution in [0.2, 0.25) is 5.02 Å². The Morgan fingerprint density at radius 2 is 2.12 bits per heavy atom. The van der Waals surface area contributed by atoms with Gasteiger partial charge in [0, 0.05) is 0 Å². The van der Waals surface area contributed by atoms with Crippen LogP contribution in [0.5, 0.6) is 0 Å². The minimum absolute atomic E-state index is 0.124. The summed E-state index contributed by atoms with van der Waals surface area (Å²) in [5, 5.41) is 7.15. The van der Waals surface area contributed by atoms with Gasteiger partial charge < -0.3 is 5.73 Å². The molecule has 1 saturated heterocycles. The predicted molar refractivity (Wildman–Crippen MR) is 61.8 cm³/mol. The van der Waals surface area contributed by atoms with Gasteiger partial charge in [-0.15, -0.1) is 5.10 Å². The van der Waals surface area contributed by atoms with Crippen LogP contribution in [0.1, 0.15) is 30.2 Å². The second kappa shape index (κ2) is 4.18. The van der Waals surface area contributed by atoms with Gasteiger partial charge in [-0.1, -0.05) is 18.0 Å². The first-order valence-electron chi connectivity index (χ1n) is 5.01. The zero-order chi connectivity index (χ0) is 11.8. The van der Waals surface area contributed by atoms with Gasteiger partial charge in [-0.3, -0.25) is 0 Å². The molecule has 1 atom stereocenters. The normalized spacial score (nSPS) is 24.2. The lowest BCUT2D eigenvalue weighted by Crippen LogP contribution is -2.22. The van der Waals surface area contributed by atoms with E-state index in [0.717, 1.165) is 12.8 Å². The third kappa shape index (κ3) is 2.12. The van der Waals surface area contributed by atoms with Crippen LogP contribution in [0.25, 0.3) is 0 Å². The third-order valence-corrected chi connectivity index (χ3v) is 5.21. The van der Waals surface area contributed by atoms with Gasteiger partial charge >= 0.3 is 0 Å². The summed E-state index contributed by atoms with van der Waals surface area (Å²) in [6.45, 7) is 0. The number of rotatable bonds is 1. The van der Waals surface area contributed by atoms with Crippen LogP contribution in [0.4, 0.5) is 5.82 Å². The van der Waals surface area contributed by atoms with Crippen LogP contribution in [0.15, 0.2) is 6.07 Å². The molecule has 2 heterocycles. The molecule has 1 fully saturated rings. The summed E-state index contributed by atoms with van der Waals surface area (Å²) in [5.74, 6) is 0.333. The van der Waals surface area contributed by atoms with Gasteiger partial charge in [0.05, 0.1) is 16.5 Å². The molecule has 0 saturated carbocycles. The largest absolute Gasteiger partial charge is 0.381 e. The summed E-state index contributed by atoms with van der Waals surface area (Å²) in [4.78, 5) is 0. The number of halogens is 1. The topological polar surface area (TPSA) is 85.9 Å². The highest BCUT2D eigenvalue weighted by atomic mass is 35.5. The molecule has 0 aliphatic carbocycles. The molecule has 0 spiro atoms. The molecule has 0 bridgehead atoms. The molecule has 2 N–H and O–H groups in total. The van der Waals surface area contributed by atoms with Crippen molar-refractivity contribution >= 4 is 27.3 Å². The van der Waals surface area contributed by atoms with Gasteiger partial charge in [0.25, 0.3) is 0 Å². The third-order valence-electron chi connectivity index (χ3n) is 2.70. The number of hydrogen-bond donors (Lipinski definition) is 1. The maximum atomic E-state index is 11.8. The van der Waals surface area contributed by atoms with Gasteiger partial charge in [-0.25, -0.2) is 8.42 Å². The fourth-order valence-electron chi connectivity index (χ4n) is 1.84. The fourth-order valence-corrected chi connectivity index (χ4v) is 3.89. The number of aromatic nitrogens is 2. The predicted octanol–water partition coefficient (Wildman–Crippen LogP) is 1.35. The summed E-state index contributed by atoms with van der Waals surface area (Å²) in [6.07, 6.45) is 2.18. The molecule has 0 aromatic carbocycles. The molecular weight excluding hydrogens is 250 g/mol. The highest BCUT2D eigenvalue weighted by Crippen LogP contribution is 2.33. The molecule has 16 heavy (non-hydrogen) atoms. The standard InChI is InChI=1S/C9H12ClN3O2S/c10-6-5-7(12-13-9(6)11)8-3-1-2-4-16(8,14)15/h5,8H,1-4H2,(H2,11,13). The van der Waals surface area contributed by atoms with Gasteiger partial charge in [0.2, 0.25) is 0 Å². The molecule has 1 aliphatic rings. The van der Waals surface area contributed by atoms with E-state index >= 15 is 0 Å². The van der Waals surface area contributed by atoms with Crippen molar-refractivity contribution in [2.24, 2.45) is 0 Å². The first kappa shape index (κ1) is 11.6. The van der Waals surface area contributed by atoms with E-state index in [1.165, 1.54) is 6.07 Å². The highest BCUT2D eigenvalue weighted by Gasteiger charge is 2.31. The van der Waals surface area contributed by atoms with Crippen molar-refractivity contribution in [1.82, 2.24) is 10.2 Å². The quantitative estimate of drug-likeness (QED) is 0.825. The molecule has 1 unspecified atom stereocenters. The minimum atomic E-state index is -3.11. The van der Waals surface area contributed by atoms with E-state index in [1.807, 2.05) is 0 Å². The van der Waals surface area contributed by atoms with Crippen LogP contribution in [0, 0.1) is 0 Å². The van der Waals surface area contributed by atoms with E-state index in [2.05, 4.69) is 10.2 Å². The Hall–Kier alpha value is -0.880. The summed E-state index contributed by atoms with van der Waals surface area (Å²) < 4.78 is 23.7. The summed E-state index contributed by atoms with van der Waals surface area (Å²) in [5.41, 5.74) is 5.83. The molecule has 2 rings (SSSR count). The molecular formula is C9H12ClN3O2S. The van der Waals surface area contributed by atoms with Crippen molar-refractivity contribution in [2.45, 2.75) is 24.5 Å². The van der Waals surface area contributed by atoms with E-state index in [1.54, 1.807) is 0 Å². The Labute approximate surface area is 98.9 Å². The van der Waals surface area contributed by atoms with Crippen molar-refractivity contribution in [3.63, 3.8) is 0 Å². The first-order chi connectivity index (χ1) is 7.50. The number of anilines is 1. The van der Waals surface area contributed by atoms with Crippen LogP contribution in [-0.4, -0.2) is 24.4 Å². The lowest BCUT2D eigenvalue weighted by Gasteiger charge is -2.21. The van der Waals surface area contributed by atoms with Crippen LogP contribution >= 0.6 is 11.6 Å². The van der Waals surface area contributed by atoms with Gasteiger partial charge in [0.15, 0.2) is 15.7 Å². The number of sulfone groups is 1. The molecule has 7 heteroatoms. The Bertz CT molecular complexity index is 503. The molecule has 1 aromatic heterocycles. The van der Waals surface area contributed by atoms with Crippen molar-refractivity contribution in [3.05, 3.63) is 16.8 Å². The van der Waals surface area contributed by atoms with E-state index in [0.29, 0.717) is 12.1 Å². The average molecular weight is 262 g/mol. The Balaban J connectivity index is 2.39. The van der Waals surface area contributed by atoms with Crippen molar-refractivity contribution < 1.29 is 8.42 Å². The fraction of sp³-hybridized carbons (Fsp3) is 0.556. The summed E-state index contributed by atoms with van der Waals surface area (Å²) in [6, 6.07) is 1.50. The van der Waals surface area contributed by atoms with Gasteiger partial charge in [-0.05, 0) is 18.9 Å². The van der Waals surface area contributed by atoms with E-state index in [-0.39, 0.29) is 16.6 Å². The second-order valence-corrected chi connectivity index (χ2v) is 6.56. The zero-order valence-electron chi connectivity index (χ0n) is 8.56. The molecule has 1 aliphatic heterocycles. The maximum Gasteiger partial charge on any atom is 0.164 e. The number of nitrogens with two attached hydrogens (primary N) is 1. The Morgan fingerprint density at radius 1 is 1.38 bits per heavy atom. The van der Waals surface area contributed by atoms with Crippen LogP contribution < -0.4 is 5.73 Å². The zero-order valence-corrected chi connectivity index (χ0v) is 10.1. The van der Waals surface area contributed by atoms with E-state index in [4.69, 9.17) is 17.3 Å². The molecule has 88 valence electrons. The first-order valence-corrected chi connectivity index (χ1v) is 7.10. The number of hydrogen-bond acceptors (Lipinski definition) is 5. The molecule has 1 aromatic rings. The smallest absolute Gasteiger partial charge is 0.164 e. The molecule has 0 amide bonds. The van der Waals surface area contributed by atoms with Crippen LogP contribution in [0.3, 0.4) is 0 Å². The molecule has 5 nitrogen and oxygen atoms in total. The SMILES string of the molecule is Nc1nnc(C2CCCCS2(=O)=O)cc1Cl. The maximum absolute atomic E-state index is 11.8. The van der Waals surface area contributed by atoms with E-state index in [9.17, 15) is 8.42 Å². The Kier molecular flexibility index (Phi) is 3.03. The minimum Gasteiger partial charge on any atom is -0.381 e. The van der Waals surface area contributed by atoms with Gasteiger partial charge in [-0.2, -0.15) is 5.10 Å². The molecule has 0 radical (unpaired) electrons. The summed E-state index contributed by atoms with van der Waals surface area (Å²) in [7, 11) is -3.11. The average Bonchev–Trinajstić information content (AvgIpc) is 2.22. The van der Waals surface area contributed by atoms with Crippen molar-refractivity contribution in [2.75, 3.05) is 11.5 Å². The summed E-state index contributed by atoms with van der Waals surface area (Å²) >= 11 is 5.80. The monoisotopic (exact) mass is 261 g/mol. The van der Waals surface area contributed by atoms with Crippen LogP contribution in [-0.2, 0) is 9.84 Å². The van der Waals surface area contributed by atoms with Gasteiger partial charge in [0.1, 0.15) is 5.25 Å². The van der Waals surface area contributed by atoms with Crippen molar-refractivity contribution in [1.29, 1.82) is 0 Å². The number of nitrogens with zero attached hydrogens (tertiary/aromatic N) is 2. The Morgan fingerprint density at radius 3 is 2.75 bits per heavy atom.